The Kier molecular flexibility index (Phi) is 2.72. The molecule has 4 nitrogen and oxygen atoms in total. The minimum atomic E-state index is 0.263. The lowest BCUT2D eigenvalue weighted by Crippen LogP contribution is -1.99. The van der Waals surface area contributed by atoms with E-state index in [-0.39, 0.29) is 5.82 Å². The van der Waals surface area contributed by atoms with Gasteiger partial charge in [-0.1, -0.05) is 15.9 Å². The van der Waals surface area contributed by atoms with Crippen molar-refractivity contribution in [2.24, 2.45) is 0 Å². The zero-order chi connectivity index (χ0) is 11.5. The number of halogens is 1. The van der Waals surface area contributed by atoms with Crippen LogP contribution in [0.5, 0.6) is 0 Å². The van der Waals surface area contributed by atoms with Gasteiger partial charge in [0.05, 0.1) is 11.3 Å². The standard InChI is InChI=1S/C11H5BrN4/c12-9-1-2-10(8(5-9)6-13)16-4-3-15-11(16)7-14/h1-5H. The van der Waals surface area contributed by atoms with E-state index in [1.54, 1.807) is 22.9 Å². The van der Waals surface area contributed by atoms with E-state index in [9.17, 15) is 0 Å². The van der Waals surface area contributed by atoms with Crippen LogP contribution in [-0.4, -0.2) is 9.55 Å². The number of hydrogen-bond acceptors (Lipinski definition) is 3. The molecule has 0 aliphatic rings. The van der Waals surface area contributed by atoms with E-state index in [1.165, 1.54) is 6.20 Å². The lowest BCUT2D eigenvalue weighted by molar-refractivity contribution is 1.01. The van der Waals surface area contributed by atoms with Gasteiger partial charge in [0.25, 0.3) is 0 Å². The van der Waals surface area contributed by atoms with Crippen LogP contribution in [0.15, 0.2) is 35.1 Å². The maximum Gasteiger partial charge on any atom is 0.217 e. The smallest absolute Gasteiger partial charge is 0.217 e. The summed E-state index contributed by atoms with van der Waals surface area (Å²) in [6.07, 6.45) is 3.18. The predicted octanol–water partition coefficient (Wildman–Crippen LogP) is 2.38. The molecular weight excluding hydrogens is 268 g/mol. The molecule has 2 aromatic rings. The highest BCUT2D eigenvalue weighted by atomic mass is 79.9. The minimum Gasteiger partial charge on any atom is -0.290 e. The van der Waals surface area contributed by atoms with Gasteiger partial charge in [-0.25, -0.2) is 4.98 Å². The molecule has 0 saturated heterocycles. The topological polar surface area (TPSA) is 65.4 Å². The van der Waals surface area contributed by atoms with Crippen LogP contribution in [0.25, 0.3) is 5.69 Å². The molecule has 0 unspecified atom stereocenters. The van der Waals surface area contributed by atoms with Crippen molar-refractivity contribution in [3.8, 4) is 17.8 Å². The molecule has 0 spiro atoms. The van der Waals surface area contributed by atoms with E-state index in [1.807, 2.05) is 12.1 Å². The summed E-state index contributed by atoms with van der Waals surface area (Å²) >= 11 is 3.29. The van der Waals surface area contributed by atoms with Crippen LogP contribution in [0.2, 0.25) is 0 Å². The fourth-order valence-electron chi connectivity index (χ4n) is 1.39. The van der Waals surface area contributed by atoms with Crippen molar-refractivity contribution in [2.45, 2.75) is 0 Å². The van der Waals surface area contributed by atoms with E-state index >= 15 is 0 Å². The summed E-state index contributed by atoms with van der Waals surface area (Å²) in [5.41, 5.74) is 1.14. The van der Waals surface area contributed by atoms with Crippen molar-refractivity contribution < 1.29 is 0 Å². The Labute approximate surface area is 101 Å². The molecule has 0 atom stereocenters. The molecule has 1 heterocycles. The molecule has 1 aromatic heterocycles. The maximum atomic E-state index is 9.02. The molecule has 1 aromatic carbocycles. The molecule has 0 aliphatic carbocycles. The molecule has 0 saturated carbocycles. The Bertz CT molecular complexity index is 616. The monoisotopic (exact) mass is 272 g/mol. The highest BCUT2D eigenvalue weighted by Gasteiger charge is 2.08. The van der Waals surface area contributed by atoms with Crippen LogP contribution < -0.4 is 0 Å². The molecule has 0 radical (unpaired) electrons. The van der Waals surface area contributed by atoms with Crippen LogP contribution in [0.4, 0.5) is 0 Å². The van der Waals surface area contributed by atoms with Crippen molar-refractivity contribution in [1.29, 1.82) is 10.5 Å². The number of imidazole rings is 1. The first-order valence-electron chi connectivity index (χ1n) is 4.39. The van der Waals surface area contributed by atoms with Crippen molar-refractivity contribution in [3.05, 3.63) is 46.5 Å². The second-order valence-electron chi connectivity index (χ2n) is 3.01. The van der Waals surface area contributed by atoms with Crippen LogP contribution in [0.1, 0.15) is 11.4 Å². The summed E-state index contributed by atoms with van der Waals surface area (Å²) in [4.78, 5) is 3.89. The predicted molar refractivity (Wildman–Crippen MR) is 60.7 cm³/mol. The first-order chi connectivity index (χ1) is 7.76. The Hall–Kier alpha value is -2.11. The third-order valence-corrected chi connectivity index (χ3v) is 2.57. The zero-order valence-corrected chi connectivity index (χ0v) is 9.64. The fourth-order valence-corrected chi connectivity index (χ4v) is 1.75. The Balaban J connectivity index is 2.67. The summed E-state index contributed by atoms with van der Waals surface area (Å²) in [5.74, 6) is 0.263. The van der Waals surface area contributed by atoms with Crippen LogP contribution >= 0.6 is 15.9 Å². The number of hydrogen-bond donors (Lipinski definition) is 0. The number of nitriles is 2. The van der Waals surface area contributed by atoms with Crippen molar-refractivity contribution in [2.75, 3.05) is 0 Å². The molecule has 2 rings (SSSR count). The van der Waals surface area contributed by atoms with Crippen molar-refractivity contribution in [3.63, 3.8) is 0 Å². The minimum absolute atomic E-state index is 0.263. The van der Waals surface area contributed by atoms with Gasteiger partial charge in [-0.05, 0) is 18.2 Å². The molecular formula is C11H5BrN4. The third-order valence-electron chi connectivity index (χ3n) is 2.08. The van der Waals surface area contributed by atoms with Gasteiger partial charge in [0.15, 0.2) is 0 Å². The highest BCUT2D eigenvalue weighted by molar-refractivity contribution is 9.10. The fraction of sp³-hybridized carbons (Fsp3) is 0. The summed E-state index contributed by atoms with van der Waals surface area (Å²) in [6, 6.07) is 9.35. The average Bonchev–Trinajstić information content (AvgIpc) is 2.76. The molecule has 0 amide bonds. The lowest BCUT2D eigenvalue weighted by Gasteiger charge is -2.05. The van der Waals surface area contributed by atoms with E-state index in [2.05, 4.69) is 27.0 Å². The van der Waals surface area contributed by atoms with Crippen molar-refractivity contribution in [1.82, 2.24) is 9.55 Å². The van der Waals surface area contributed by atoms with Gasteiger partial charge in [-0.15, -0.1) is 0 Å². The van der Waals surface area contributed by atoms with Gasteiger partial charge >= 0.3 is 0 Å². The van der Waals surface area contributed by atoms with E-state index in [0.717, 1.165) is 4.47 Å². The zero-order valence-electron chi connectivity index (χ0n) is 8.05. The summed E-state index contributed by atoms with van der Waals surface area (Å²) < 4.78 is 2.41. The maximum absolute atomic E-state index is 9.02. The number of nitrogens with zero attached hydrogens (tertiary/aromatic N) is 4. The Morgan fingerprint density at radius 2 is 2.06 bits per heavy atom. The molecule has 0 N–H and O–H groups in total. The van der Waals surface area contributed by atoms with E-state index in [4.69, 9.17) is 10.5 Å². The second-order valence-corrected chi connectivity index (χ2v) is 3.92. The summed E-state index contributed by atoms with van der Waals surface area (Å²) in [5, 5.41) is 17.9. The Morgan fingerprint density at radius 1 is 1.25 bits per heavy atom. The highest BCUT2D eigenvalue weighted by Crippen LogP contribution is 2.20. The van der Waals surface area contributed by atoms with Gasteiger partial charge in [0, 0.05) is 16.9 Å². The largest absolute Gasteiger partial charge is 0.290 e. The van der Waals surface area contributed by atoms with Gasteiger partial charge in [-0.3, -0.25) is 4.57 Å². The third kappa shape index (κ3) is 1.69. The van der Waals surface area contributed by atoms with Gasteiger partial charge < -0.3 is 0 Å². The van der Waals surface area contributed by atoms with Gasteiger partial charge in [0.1, 0.15) is 12.1 Å². The summed E-state index contributed by atoms with van der Waals surface area (Å²) in [7, 11) is 0. The first kappa shape index (κ1) is 10.4. The molecule has 0 bridgehead atoms. The normalized spacial score (nSPS) is 9.44. The van der Waals surface area contributed by atoms with Crippen LogP contribution in [-0.2, 0) is 0 Å². The number of benzene rings is 1. The van der Waals surface area contributed by atoms with Crippen LogP contribution in [0, 0.1) is 22.7 Å². The molecule has 76 valence electrons. The lowest BCUT2D eigenvalue weighted by atomic mass is 10.2. The quantitative estimate of drug-likeness (QED) is 0.801. The number of aromatic nitrogens is 2. The SMILES string of the molecule is N#Cc1cc(Br)ccc1-n1ccnc1C#N. The van der Waals surface area contributed by atoms with E-state index in [0.29, 0.717) is 11.3 Å². The summed E-state index contributed by atoms with van der Waals surface area (Å²) in [6.45, 7) is 0. The second kappa shape index (κ2) is 4.18. The van der Waals surface area contributed by atoms with Crippen LogP contribution in [0.3, 0.4) is 0 Å². The average molecular weight is 273 g/mol. The Morgan fingerprint density at radius 3 is 2.75 bits per heavy atom. The molecule has 5 heteroatoms. The first-order valence-corrected chi connectivity index (χ1v) is 5.19. The molecule has 16 heavy (non-hydrogen) atoms. The van der Waals surface area contributed by atoms with Crippen molar-refractivity contribution >= 4 is 15.9 Å². The molecule has 0 fully saturated rings. The molecule has 0 aliphatic heterocycles. The number of rotatable bonds is 1. The van der Waals surface area contributed by atoms with E-state index < -0.39 is 0 Å². The van der Waals surface area contributed by atoms with Gasteiger partial charge in [0.2, 0.25) is 5.82 Å². The van der Waals surface area contributed by atoms with Gasteiger partial charge in [-0.2, -0.15) is 10.5 Å².